The summed E-state index contributed by atoms with van der Waals surface area (Å²) in [6, 6.07) is 18.5. The average Bonchev–Trinajstić information content (AvgIpc) is 2.96. The Balaban J connectivity index is 1.86. The number of hydrogen-bond acceptors (Lipinski definition) is 3. The maximum absolute atomic E-state index is 12.7. The molecule has 26 heavy (non-hydrogen) atoms. The van der Waals surface area contributed by atoms with Crippen molar-refractivity contribution in [2.45, 2.75) is 31.1 Å². The van der Waals surface area contributed by atoms with Crippen LogP contribution in [0.2, 0.25) is 0 Å². The van der Waals surface area contributed by atoms with Crippen LogP contribution in [0.4, 0.5) is 5.82 Å². The van der Waals surface area contributed by atoms with Crippen molar-refractivity contribution in [2.24, 2.45) is 7.05 Å². The molecule has 3 rings (SSSR count). The van der Waals surface area contributed by atoms with Crippen molar-refractivity contribution in [3.8, 4) is 11.1 Å². The molecule has 1 N–H and O–H groups in total. The van der Waals surface area contributed by atoms with Crippen molar-refractivity contribution in [2.75, 3.05) is 4.72 Å². The van der Waals surface area contributed by atoms with Gasteiger partial charge in [0.15, 0.2) is 0 Å². The number of aryl methyl sites for hydroxylation is 1. The normalized spacial score (nSPS) is 12.2. The van der Waals surface area contributed by atoms with Crippen molar-refractivity contribution in [3.05, 3.63) is 66.4 Å². The zero-order valence-corrected chi connectivity index (χ0v) is 16.2. The molecule has 0 spiro atoms. The Morgan fingerprint density at radius 3 is 2.04 bits per heavy atom. The van der Waals surface area contributed by atoms with Gasteiger partial charge in [-0.25, -0.2) is 8.42 Å². The minimum atomic E-state index is -3.68. The molecule has 0 unspecified atom stereocenters. The Morgan fingerprint density at radius 1 is 0.923 bits per heavy atom. The molecule has 0 saturated heterocycles. The first-order chi connectivity index (χ1) is 12.2. The van der Waals surface area contributed by atoms with E-state index in [1.165, 1.54) is 0 Å². The molecule has 5 nitrogen and oxygen atoms in total. The molecule has 0 amide bonds. The van der Waals surface area contributed by atoms with Crippen molar-refractivity contribution < 1.29 is 8.42 Å². The Bertz CT molecular complexity index is 999. The van der Waals surface area contributed by atoms with Crippen LogP contribution in [0.15, 0.2) is 65.6 Å². The number of hydrogen-bond donors (Lipinski definition) is 1. The van der Waals surface area contributed by atoms with Gasteiger partial charge < -0.3 is 0 Å². The molecule has 0 aliphatic heterocycles. The lowest BCUT2D eigenvalue weighted by molar-refractivity contribution is 0.553. The molecule has 0 aliphatic carbocycles. The fraction of sp³-hybridized carbons (Fsp3) is 0.250. The fourth-order valence-electron chi connectivity index (χ4n) is 2.58. The first kappa shape index (κ1) is 18.2. The highest BCUT2D eigenvalue weighted by molar-refractivity contribution is 7.92. The predicted octanol–water partition coefficient (Wildman–Crippen LogP) is 4.19. The molecule has 0 atom stereocenters. The molecule has 0 radical (unpaired) electrons. The van der Waals surface area contributed by atoms with Gasteiger partial charge in [-0.3, -0.25) is 9.40 Å². The summed E-state index contributed by atoms with van der Waals surface area (Å²) in [5.41, 5.74) is 2.70. The third kappa shape index (κ3) is 3.80. The molecule has 6 heteroatoms. The molecule has 0 aliphatic rings. The Morgan fingerprint density at radius 2 is 1.50 bits per heavy atom. The first-order valence-electron chi connectivity index (χ1n) is 8.40. The van der Waals surface area contributed by atoms with Crippen LogP contribution in [-0.2, 0) is 22.5 Å². The second kappa shape index (κ2) is 6.61. The summed E-state index contributed by atoms with van der Waals surface area (Å²) < 4.78 is 29.6. The lowest BCUT2D eigenvalue weighted by Gasteiger charge is -2.13. The van der Waals surface area contributed by atoms with Gasteiger partial charge in [0, 0.05) is 18.5 Å². The second-order valence-corrected chi connectivity index (χ2v) is 8.97. The van der Waals surface area contributed by atoms with Gasteiger partial charge in [0.25, 0.3) is 10.0 Å². The SMILES string of the molecule is Cn1nc(C(C)(C)C)cc1NS(=O)(=O)c1ccc(-c2ccccc2)cc1. The van der Waals surface area contributed by atoms with E-state index in [9.17, 15) is 8.42 Å². The van der Waals surface area contributed by atoms with Gasteiger partial charge in [0.05, 0.1) is 10.6 Å². The molecule has 1 aromatic heterocycles. The fourth-order valence-corrected chi connectivity index (χ4v) is 3.66. The highest BCUT2D eigenvalue weighted by atomic mass is 32.2. The Kier molecular flexibility index (Phi) is 4.63. The van der Waals surface area contributed by atoms with Gasteiger partial charge in [-0.1, -0.05) is 63.2 Å². The summed E-state index contributed by atoms with van der Waals surface area (Å²) in [5.74, 6) is 0.446. The van der Waals surface area contributed by atoms with Crippen molar-refractivity contribution >= 4 is 15.8 Å². The minimum Gasteiger partial charge on any atom is -0.264 e. The molecule has 0 bridgehead atoms. The summed E-state index contributed by atoms with van der Waals surface area (Å²) in [7, 11) is -1.95. The molecule has 0 fully saturated rings. The van der Waals surface area contributed by atoms with Crippen molar-refractivity contribution in [1.82, 2.24) is 9.78 Å². The smallest absolute Gasteiger partial charge is 0.263 e. The van der Waals surface area contributed by atoms with Crippen LogP contribution in [0.1, 0.15) is 26.5 Å². The van der Waals surface area contributed by atoms with E-state index in [1.54, 1.807) is 29.9 Å². The van der Waals surface area contributed by atoms with E-state index in [0.29, 0.717) is 5.82 Å². The average molecular weight is 369 g/mol. The van der Waals surface area contributed by atoms with Gasteiger partial charge in [-0.15, -0.1) is 0 Å². The van der Waals surface area contributed by atoms with Gasteiger partial charge in [0.1, 0.15) is 5.82 Å². The standard InChI is InChI=1S/C20H23N3O2S/c1-20(2,3)18-14-19(23(4)21-18)22-26(24,25)17-12-10-16(11-13-17)15-8-6-5-7-9-15/h5-14,22H,1-4H3. The molecule has 136 valence electrons. The Hall–Kier alpha value is -2.60. The van der Waals surface area contributed by atoms with Crippen LogP contribution in [-0.4, -0.2) is 18.2 Å². The van der Waals surface area contributed by atoms with Gasteiger partial charge in [0.2, 0.25) is 0 Å². The van der Waals surface area contributed by atoms with Gasteiger partial charge >= 0.3 is 0 Å². The molecular formula is C20H23N3O2S. The molecule has 3 aromatic rings. The zero-order valence-electron chi connectivity index (χ0n) is 15.4. The summed E-state index contributed by atoms with van der Waals surface area (Å²) in [5, 5.41) is 4.40. The highest BCUT2D eigenvalue weighted by Crippen LogP contribution is 2.26. The number of nitrogens with one attached hydrogen (secondary N) is 1. The van der Waals surface area contributed by atoms with Crippen molar-refractivity contribution in [3.63, 3.8) is 0 Å². The van der Waals surface area contributed by atoms with Gasteiger partial charge in [-0.2, -0.15) is 5.10 Å². The summed E-state index contributed by atoms with van der Waals surface area (Å²) >= 11 is 0. The van der Waals surface area contributed by atoms with Crippen LogP contribution in [0, 0.1) is 0 Å². The van der Waals surface area contributed by atoms with E-state index in [0.717, 1.165) is 16.8 Å². The van der Waals surface area contributed by atoms with E-state index in [1.807, 2.05) is 63.2 Å². The minimum absolute atomic E-state index is 0.154. The quantitative estimate of drug-likeness (QED) is 0.750. The number of sulfonamides is 1. The third-order valence-electron chi connectivity index (χ3n) is 4.16. The lowest BCUT2D eigenvalue weighted by atomic mass is 9.92. The molecular weight excluding hydrogens is 346 g/mol. The molecule has 1 heterocycles. The molecule has 0 saturated carbocycles. The number of aromatic nitrogens is 2. The predicted molar refractivity (Wildman–Crippen MR) is 105 cm³/mol. The number of anilines is 1. The maximum Gasteiger partial charge on any atom is 0.263 e. The largest absolute Gasteiger partial charge is 0.264 e. The monoisotopic (exact) mass is 369 g/mol. The Labute approximate surface area is 154 Å². The van der Waals surface area contributed by atoms with E-state index in [2.05, 4.69) is 9.82 Å². The maximum atomic E-state index is 12.7. The third-order valence-corrected chi connectivity index (χ3v) is 5.53. The van der Waals surface area contributed by atoms with Crippen molar-refractivity contribution in [1.29, 1.82) is 0 Å². The summed E-state index contributed by atoms with van der Waals surface area (Å²) in [6.07, 6.45) is 0. The highest BCUT2D eigenvalue weighted by Gasteiger charge is 2.22. The number of nitrogens with zero attached hydrogens (tertiary/aromatic N) is 2. The summed E-state index contributed by atoms with van der Waals surface area (Å²) in [6.45, 7) is 6.11. The zero-order chi connectivity index (χ0) is 18.9. The number of rotatable bonds is 4. The van der Waals surface area contributed by atoms with E-state index in [-0.39, 0.29) is 10.3 Å². The molecule has 2 aromatic carbocycles. The number of benzene rings is 2. The van der Waals surface area contributed by atoms with E-state index >= 15 is 0 Å². The lowest BCUT2D eigenvalue weighted by Crippen LogP contribution is -2.15. The second-order valence-electron chi connectivity index (χ2n) is 7.28. The van der Waals surface area contributed by atoms with E-state index in [4.69, 9.17) is 0 Å². The van der Waals surface area contributed by atoms with Gasteiger partial charge in [-0.05, 0) is 23.3 Å². The van der Waals surface area contributed by atoms with Crippen LogP contribution in [0.3, 0.4) is 0 Å². The summed E-state index contributed by atoms with van der Waals surface area (Å²) in [4.78, 5) is 0.218. The van der Waals surface area contributed by atoms with Crippen LogP contribution in [0.25, 0.3) is 11.1 Å². The van der Waals surface area contributed by atoms with Crippen LogP contribution in [0.5, 0.6) is 0 Å². The first-order valence-corrected chi connectivity index (χ1v) is 9.88. The van der Waals surface area contributed by atoms with Crippen LogP contribution >= 0.6 is 0 Å². The van der Waals surface area contributed by atoms with Crippen LogP contribution < -0.4 is 4.72 Å². The topological polar surface area (TPSA) is 64.0 Å². The van der Waals surface area contributed by atoms with E-state index < -0.39 is 10.0 Å².